The Morgan fingerprint density at radius 2 is 1.96 bits per heavy atom. The molecule has 1 atom stereocenters. The molecular formula is C21H20N2O4. The number of fused-ring (bicyclic) bond motifs is 2. The van der Waals surface area contributed by atoms with Gasteiger partial charge in [-0.3, -0.25) is 9.59 Å². The van der Waals surface area contributed by atoms with Crippen LogP contribution in [-0.2, 0) is 27.2 Å². The van der Waals surface area contributed by atoms with Crippen LogP contribution in [0.25, 0.3) is 11.0 Å². The highest BCUT2D eigenvalue weighted by Gasteiger charge is 2.22. The van der Waals surface area contributed by atoms with Gasteiger partial charge in [0, 0.05) is 5.39 Å². The van der Waals surface area contributed by atoms with Gasteiger partial charge in [0.25, 0.3) is 5.91 Å². The zero-order chi connectivity index (χ0) is 18.6. The lowest BCUT2D eigenvalue weighted by Crippen LogP contribution is -2.34. The molecule has 0 saturated carbocycles. The molecule has 1 heterocycles. The summed E-state index contributed by atoms with van der Waals surface area (Å²) in [6, 6.07) is 15.4. The third-order valence-electron chi connectivity index (χ3n) is 4.83. The van der Waals surface area contributed by atoms with Crippen LogP contribution in [0.15, 0.2) is 53.1 Å². The van der Waals surface area contributed by atoms with Gasteiger partial charge < -0.3 is 14.6 Å². The van der Waals surface area contributed by atoms with E-state index in [0.29, 0.717) is 11.3 Å². The van der Waals surface area contributed by atoms with E-state index >= 15 is 0 Å². The first-order chi connectivity index (χ1) is 13.2. The summed E-state index contributed by atoms with van der Waals surface area (Å²) in [6.07, 6.45) is 2.92. The van der Waals surface area contributed by atoms with E-state index in [9.17, 15) is 9.59 Å². The molecule has 1 amide bonds. The fourth-order valence-corrected chi connectivity index (χ4v) is 3.54. The van der Waals surface area contributed by atoms with Crippen molar-refractivity contribution >= 4 is 22.8 Å². The number of amides is 1. The predicted octanol–water partition coefficient (Wildman–Crippen LogP) is 3.11. The van der Waals surface area contributed by atoms with Gasteiger partial charge in [0.2, 0.25) is 0 Å². The monoisotopic (exact) mass is 364 g/mol. The number of carbonyl (C=O) groups is 2. The lowest BCUT2D eigenvalue weighted by Gasteiger charge is -2.26. The maximum atomic E-state index is 12.2. The maximum Gasteiger partial charge on any atom is 0.312 e. The summed E-state index contributed by atoms with van der Waals surface area (Å²) >= 11 is 0. The largest absolute Gasteiger partial charge is 0.455 e. The molecule has 138 valence electrons. The van der Waals surface area contributed by atoms with Gasteiger partial charge in [-0.1, -0.05) is 41.6 Å². The minimum atomic E-state index is -0.506. The molecular weight excluding hydrogens is 344 g/mol. The summed E-state index contributed by atoms with van der Waals surface area (Å²) in [5.74, 6) is -0.802. The fourth-order valence-electron chi connectivity index (χ4n) is 3.54. The zero-order valence-corrected chi connectivity index (χ0v) is 14.8. The number of aromatic nitrogens is 1. The van der Waals surface area contributed by atoms with Crippen LogP contribution < -0.4 is 5.32 Å². The van der Waals surface area contributed by atoms with Crippen molar-refractivity contribution in [3.63, 3.8) is 0 Å². The second-order valence-electron chi connectivity index (χ2n) is 6.67. The summed E-state index contributed by atoms with van der Waals surface area (Å²) in [6.45, 7) is -0.298. The van der Waals surface area contributed by atoms with Gasteiger partial charge >= 0.3 is 5.97 Å². The van der Waals surface area contributed by atoms with Crippen LogP contribution >= 0.6 is 0 Å². The Morgan fingerprint density at radius 1 is 1.15 bits per heavy atom. The Balaban J connectivity index is 1.31. The van der Waals surface area contributed by atoms with Crippen LogP contribution in [0.5, 0.6) is 0 Å². The highest BCUT2D eigenvalue weighted by Crippen LogP contribution is 2.29. The number of hydrogen-bond acceptors (Lipinski definition) is 5. The smallest absolute Gasteiger partial charge is 0.312 e. The van der Waals surface area contributed by atoms with Gasteiger partial charge in [-0.2, -0.15) is 0 Å². The lowest BCUT2D eigenvalue weighted by atomic mass is 9.88. The number of nitrogens with zero attached hydrogens (tertiary/aromatic N) is 1. The number of benzene rings is 2. The molecule has 4 rings (SSSR count). The van der Waals surface area contributed by atoms with Crippen LogP contribution in [0, 0.1) is 0 Å². The molecule has 0 fully saturated rings. The molecule has 3 aromatic rings. The molecule has 0 radical (unpaired) electrons. The summed E-state index contributed by atoms with van der Waals surface area (Å²) < 4.78 is 10.3. The van der Waals surface area contributed by atoms with E-state index in [4.69, 9.17) is 9.26 Å². The summed E-state index contributed by atoms with van der Waals surface area (Å²) in [4.78, 5) is 24.3. The van der Waals surface area contributed by atoms with Gasteiger partial charge in [-0.25, -0.2) is 0 Å². The van der Waals surface area contributed by atoms with Crippen molar-refractivity contribution in [2.45, 2.75) is 31.7 Å². The van der Waals surface area contributed by atoms with Crippen molar-refractivity contribution in [1.29, 1.82) is 0 Å². The fraction of sp³-hybridized carbons (Fsp3) is 0.286. The highest BCUT2D eigenvalue weighted by atomic mass is 16.5. The first kappa shape index (κ1) is 17.3. The van der Waals surface area contributed by atoms with Crippen LogP contribution in [0.3, 0.4) is 0 Å². The number of carbonyl (C=O) groups excluding carboxylic acids is 2. The molecule has 1 aromatic heterocycles. The second kappa shape index (κ2) is 7.61. The van der Waals surface area contributed by atoms with Crippen molar-refractivity contribution in [3.8, 4) is 0 Å². The van der Waals surface area contributed by atoms with Gasteiger partial charge in [-0.15, -0.1) is 0 Å². The molecule has 0 saturated heterocycles. The van der Waals surface area contributed by atoms with Crippen LogP contribution in [0.4, 0.5) is 0 Å². The number of hydrogen-bond donors (Lipinski definition) is 1. The van der Waals surface area contributed by atoms with Crippen LogP contribution in [0.2, 0.25) is 0 Å². The molecule has 6 nitrogen and oxygen atoms in total. The molecule has 1 N–H and O–H groups in total. The third-order valence-corrected chi connectivity index (χ3v) is 4.83. The quantitative estimate of drug-likeness (QED) is 0.704. The van der Waals surface area contributed by atoms with Crippen molar-refractivity contribution in [3.05, 3.63) is 65.4 Å². The van der Waals surface area contributed by atoms with E-state index in [1.165, 1.54) is 5.56 Å². The molecule has 6 heteroatoms. The van der Waals surface area contributed by atoms with Crippen LogP contribution in [-0.4, -0.2) is 23.6 Å². The van der Waals surface area contributed by atoms with Gasteiger partial charge in [-0.05, 0) is 42.5 Å². The Kier molecular flexibility index (Phi) is 4.87. The second-order valence-corrected chi connectivity index (χ2v) is 6.67. The molecule has 1 aliphatic rings. The zero-order valence-electron chi connectivity index (χ0n) is 14.8. The van der Waals surface area contributed by atoms with Crippen molar-refractivity contribution in [2.24, 2.45) is 0 Å². The van der Waals surface area contributed by atoms with E-state index in [2.05, 4.69) is 16.5 Å². The Labute approximate surface area is 156 Å². The number of nitrogens with one attached hydrogen (secondary N) is 1. The number of rotatable bonds is 5. The van der Waals surface area contributed by atoms with E-state index in [0.717, 1.165) is 30.2 Å². The standard InChI is InChI=1S/C21H20N2O4/c24-20(22-17-10-5-7-14-6-1-2-8-15(14)17)13-26-21(25)12-18-16-9-3-4-11-19(16)27-23-18/h1-4,6,8-9,11,17H,5,7,10,12-13H2,(H,22,24)/t17-/m1/s1. The summed E-state index contributed by atoms with van der Waals surface area (Å²) in [7, 11) is 0. The summed E-state index contributed by atoms with van der Waals surface area (Å²) in [5, 5.41) is 7.65. The molecule has 27 heavy (non-hydrogen) atoms. The first-order valence-electron chi connectivity index (χ1n) is 9.07. The minimum Gasteiger partial charge on any atom is -0.455 e. The SMILES string of the molecule is O=C(COC(=O)Cc1noc2ccccc12)N[C@@H]1CCCc2ccccc21. The maximum absolute atomic E-state index is 12.2. The predicted molar refractivity (Wildman–Crippen MR) is 98.9 cm³/mol. The normalized spacial score (nSPS) is 15.9. The molecule has 0 spiro atoms. The van der Waals surface area contributed by atoms with E-state index in [1.807, 2.05) is 36.4 Å². The highest BCUT2D eigenvalue weighted by molar-refractivity contribution is 5.85. The van der Waals surface area contributed by atoms with Crippen molar-refractivity contribution in [1.82, 2.24) is 10.5 Å². The van der Waals surface area contributed by atoms with E-state index in [1.54, 1.807) is 6.07 Å². The average Bonchev–Trinajstić information content (AvgIpc) is 3.10. The number of para-hydroxylation sites is 1. The lowest BCUT2D eigenvalue weighted by molar-refractivity contribution is -0.148. The van der Waals surface area contributed by atoms with Crippen molar-refractivity contribution in [2.75, 3.05) is 6.61 Å². The van der Waals surface area contributed by atoms with E-state index < -0.39 is 5.97 Å². The van der Waals surface area contributed by atoms with Gasteiger partial charge in [0.15, 0.2) is 12.2 Å². The number of ether oxygens (including phenoxy) is 1. The molecule has 0 unspecified atom stereocenters. The first-order valence-corrected chi connectivity index (χ1v) is 9.07. The minimum absolute atomic E-state index is 0.0272. The average molecular weight is 364 g/mol. The van der Waals surface area contributed by atoms with Gasteiger partial charge in [0.05, 0.1) is 12.5 Å². The van der Waals surface area contributed by atoms with Crippen LogP contribution in [0.1, 0.15) is 35.7 Å². The van der Waals surface area contributed by atoms with Crippen molar-refractivity contribution < 1.29 is 18.8 Å². The Bertz CT molecular complexity index is 979. The molecule has 2 aromatic carbocycles. The Morgan fingerprint density at radius 3 is 2.89 bits per heavy atom. The molecule has 0 aliphatic heterocycles. The topological polar surface area (TPSA) is 81.4 Å². The molecule has 1 aliphatic carbocycles. The summed E-state index contributed by atoms with van der Waals surface area (Å²) in [5.41, 5.74) is 3.55. The third kappa shape index (κ3) is 3.84. The number of esters is 1. The Hall–Kier alpha value is -3.15. The van der Waals surface area contributed by atoms with E-state index in [-0.39, 0.29) is 25.0 Å². The number of aryl methyl sites for hydroxylation is 1. The molecule has 0 bridgehead atoms. The van der Waals surface area contributed by atoms with Gasteiger partial charge in [0.1, 0.15) is 5.69 Å².